The predicted molar refractivity (Wildman–Crippen MR) is 69.5 cm³/mol. The Morgan fingerprint density at radius 3 is 2.60 bits per heavy atom. The highest BCUT2D eigenvalue weighted by atomic mass is 19.4. The largest absolute Gasteiger partial charge is 0.481 e. The lowest BCUT2D eigenvalue weighted by Crippen LogP contribution is -2.53. The number of halogens is 3. The minimum absolute atomic E-state index is 0.0110. The molecule has 118 valence electrons. The Labute approximate surface area is 117 Å². The van der Waals surface area contributed by atoms with Crippen LogP contribution in [0.25, 0.3) is 0 Å². The molecule has 1 aliphatic heterocycles. The normalized spacial score (nSPS) is 26.4. The van der Waals surface area contributed by atoms with E-state index < -0.39 is 18.7 Å². The molecule has 3 atom stereocenters. The van der Waals surface area contributed by atoms with Crippen LogP contribution in [0.15, 0.2) is 0 Å². The third-order valence-corrected chi connectivity index (χ3v) is 3.83. The number of nitrogens with zero attached hydrogens (tertiary/aromatic N) is 1. The molecule has 7 heteroatoms. The second-order valence-corrected chi connectivity index (χ2v) is 5.60. The number of alkyl halides is 3. The molecule has 0 spiro atoms. The van der Waals surface area contributed by atoms with Crippen LogP contribution in [-0.2, 0) is 4.79 Å². The molecule has 0 radical (unpaired) electrons. The van der Waals surface area contributed by atoms with Crippen LogP contribution in [0.5, 0.6) is 0 Å². The molecule has 0 aliphatic carbocycles. The lowest BCUT2D eigenvalue weighted by Gasteiger charge is -2.41. The molecule has 0 aromatic rings. The van der Waals surface area contributed by atoms with E-state index in [0.717, 1.165) is 6.42 Å². The van der Waals surface area contributed by atoms with Gasteiger partial charge < -0.3 is 10.4 Å². The van der Waals surface area contributed by atoms with Gasteiger partial charge in [-0.25, -0.2) is 0 Å². The maximum Gasteiger partial charge on any atom is 0.401 e. The summed E-state index contributed by atoms with van der Waals surface area (Å²) >= 11 is 0. The van der Waals surface area contributed by atoms with E-state index in [0.29, 0.717) is 19.5 Å². The maximum absolute atomic E-state index is 12.3. The molecule has 0 amide bonds. The number of carboxylic acid groups (broad SMARTS) is 1. The number of likely N-dealkylation sites (tertiary alicyclic amines) is 1. The van der Waals surface area contributed by atoms with Gasteiger partial charge in [-0.2, -0.15) is 13.2 Å². The fourth-order valence-electron chi connectivity index (χ4n) is 2.66. The van der Waals surface area contributed by atoms with Crippen LogP contribution in [0.4, 0.5) is 13.2 Å². The Hall–Kier alpha value is -0.820. The van der Waals surface area contributed by atoms with Crippen LogP contribution in [0.3, 0.4) is 0 Å². The van der Waals surface area contributed by atoms with E-state index in [1.54, 1.807) is 0 Å². The van der Waals surface area contributed by atoms with Crippen molar-refractivity contribution in [3.63, 3.8) is 0 Å². The Morgan fingerprint density at radius 1 is 1.45 bits per heavy atom. The highest BCUT2D eigenvalue weighted by Crippen LogP contribution is 2.23. The fraction of sp³-hybridized carbons (Fsp3) is 0.923. The van der Waals surface area contributed by atoms with Gasteiger partial charge in [0.2, 0.25) is 0 Å². The molecule has 1 heterocycles. The number of hydrogen-bond acceptors (Lipinski definition) is 3. The van der Waals surface area contributed by atoms with Crippen molar-refractivity contribution in [2.45, 2.75) is 51.4 Å². The molecule has 20 heavy (non-hydrogen) atoms. The molecule has 1 fully saturated rings. The van der Waals surface area contributed by atoms with Crippen molar-refractivity contribution in [3.8, 4) is 0 Å². The Kier molecular flexibility index (Phi) is 6.26. The van der Waals surface area contributed by atoms with Gasteiger partial charge in [0.15, 0.2) is 0 Å². The van der Waals surface area contributed by atoms with E-state index in [2.05, 4.69) is 10.2 Å². The first kappa shape index (κ1) is 17.2. The SMILES string of the molecule is CCC(C)N1CC(CC(=O)O)CC(NCC(F)(F)F)C1. The smallest absolute Gasteiger partial charge is 0.401 e. The van der Waals surface area contributed by atoms with Gasteiger partial charge in [0.05, 0.1) is 6.54 Å². The first-order chi connectivity index (χ1) is 9.21. The number of nitrogens with one attached hydrogen (secondary N) is 1. The molecular formula is C13H23F3N2O2. The molecule has 1 aliphatic rings. The monoisotopic (exact) mass is 296 g/mol. The van der Waals surface area contributed by atoms with E-state index in [-0.39, 0.29) is 24.4 Å². The molecule has 0 aromatic carbocycles. The summed E-state index contributed by atoms with van der Waals surface area (Å²) in [5.74, 6) is -0.989. The van der Waals surface area contributed by atoms with Crippen molar-refractivity contribution in [1.82, 2.24) is 10.2 Å². The van der Waals surface area contributed by atoms with Crippen molar-refractivity contribution in [2.24, 2.45) is 5.92 Å². The fourth-order valence-corrected chi connectivity index (χ4v) is 2.66. The van der Waals surface area contributed by atoms with E-state index >= 15 is 0 Å². The minimum Gasteiger partial charge on any atom is -0.481 e. The number of piperidine rings is 1. The average molecular weight is 296 g/mol. The second-order valence-electron chi connectivity index (χ2n) is 5.60. The first-order valence-corrected chi connectivity index (χ1v) is 6.97. The summed E-state index contributed by atoms with van der Waals surface area (Å²) in [6, 6.07) is -0.0505. The number of carboxylic acids is 1. The number of carbonyl (C=O) groups is 1. The number of aliphatic carboxylic acids is 1. The zero-order valence-electron chi connectivity index (χ0n) is 11.9. The van der Waals surface area contributed by atoms with Crippen LogP contribution >= 0.6 is 0 Å². The van der Waals surface area contributed by atoms with Crippen molar-refractivity contribution in [3.05, 3.63) is 0 Å². The zero-order valence-corrected chi connectivity index (χ0v) is 11.9. The van der Waals surface area contributed by atoms with Crippen LogP contribution < -0.4 is 5.32 Å². The van der Waals surface area contributed by atoms with Crippen LogP contribution in [0.1, 0.15) is 33.1 Å². The highest BCUT2D eigenvalue weighted by Gasteiger charge is 2.33. The Balaban J connectivity index is 2.61. The summed E-state index contributed by atoms with van der Waals surface area (Å²) in [4.78, 5) is 12.9. The Morgan fingerprint density at radius 2 is 2.10 bits per heavy atom. The van der Waals surface area contributed by atoms with Crippen molar-refractivity contribution in [2.75, 3.05) is 19.6 Å². The van der Waals surface area contributed by atoms with Gasteiger partial charge in [-0.15, -0.1) is 0 Å². The van der Waals surface area contributed by atoms with Crippen LogP contribution in [0.2, 0.25) is 0 Å². The van der Waals surface area contributed by atoms with E-state index in [9.17, 15) is 18.0 Å². The molecule has 0 saturated carbocycles. The Bertz CT molecular complexity index is 323. The molecule has 2 N–H and O–H groups in total. The van der Waals surface area contributed by atoms with Crippen molar-refractivity contribution >= 4 is 5.97 Å². The van der Waals surface area contributed by atoms with Gasteiger partial charge in [-0.1, -0.05) is 6.92 Å². The van der Waals surface area contributed by atoms with Crippen molar-refractivity contribution in [1.29, 1.82) is 0 Å². The van der Waals surface area contributed by atoms with Crippen molar-refractivity contribution < 1.29 is 23.1 Å². The van der Waals surface area contributed by atoms with Crippen LogP contribution in [-0.4, -0.2) is 53.9 Å². The predicted octanol–water partition coefficient (Wildman–Crippen LogP) is 2.10. The van der Waals surface area contributed by atoms with Gasteiger partial charge in [0.1, 0.15) is 0 Å². The topological polar surface area (TPSA) is 52.6 Å². The molecule has 1 saturated heterocycles. The molecule has 3 unspecified atom stereocenters. The standard InChI is InChI=1S/C13H23F3N2O2/c1-3-9(2)18-6-10(5-12(19)20)4-11(7-18)17-8-13(14,15)16/h9-11,17H,3-8H2,1-2H3,(H,19,20). The number of rotatable bonds is 6. The third-order valence-electron chi connectivity index (χ3n) is 3.83. The van der Waals surface area contributed by atoms with Gasteiger partial charge in [0.25, 0.3) is 0 Å². The first-order valence-electron chi connectivity index (χ1n) is 6.97. The van der Waals surface area contributed by atoms with Gasteiger partial charge in [-0.3, -0.25) is 9.69 Å². The molecule has 1 rings (SSSR count). The lowest BCUT2D eigenvalue weighted by atomic mass is 9.90. The molecule has 0 bridgehead atoms. The molecular weight excluding hydrogens is 273 g/mol. The van der Waals surface area contributed by atoms with E-state index in [1.807, 2.05) is 13.8 Å². The summed E-state index contributed by atoms with van der Waals surface area (Å²) in [6.45, 7) is 4.20. The van der Waals surface area contributed by atoms with Gasteiger partial charge in [0, 0.05) is 31.6 Å². The molecule has 0 aromatic heterocycles. The third kappa shape index (κ3) is 6.09. The van der Waals surface area contributed by atoms with E-state index in [4.69, 9.17) is 5.11 Å². The average Bonchev–Trinajstić information content (AvgIpc) is 2.33. The van der Waals surface area contributed by atoms with Gasteiger partial charge >= 0.3 is 12.1 Å². The maximum atomic E-state index is 12.3. The number of hydrogen-bond donors (Lipinski definition) is 2. The van der Waals surface area contributed by atoms with Crippen LogP contribution in [0, 0.1) is 5.92 Å². The minimum atomic E-state index is -4.24. The molecule has 4 nitrogen and oxygen atoms in total. The summed E-state index contributed by atoms with van der Waals surface area (Å²) < 4.78 is 36.8. The highest BCUT2D eigenvalue weighted by molar-refractivity contribution is 5.67. The van der Waals surface area contributed by atoms with E-state index in [1.165, 1.54) is 0 Å². The second kappa shape index (κ2) is 7.26. The summed E-state index contributed by atoms with van der Waals surface area (Å²) in [6.07, 6.45) is -2.85. The lowest BCUT2D eigenvalue weighted by molar-refractivity contribution is -0.139. The zero-order chi connectivity index (χ0) is 15.3. The summed E-state index contributed by atoms with van der Waals surface area (Å²) in [5, 5.41) is 11.4. The summed E-state index contributed by atoms with van der Waals surface area (Å²) in [7, 11) is 0. The quantitative estimate of drug-likeness (QED) is 0.788. The summed E-state index contributed by atoms with van der Waals surface area (Å²) in [5.41, 5.74) is 0. The van der Waals surface area contributed by atoms with Gasteiger partial charge in [-0.05, 0) is 25.7 Å².